The minimum atomic E-state index is -0.421. The first-order chi connectivity index (χ1) is 14.6. The molecule has 7 heteroatoms. The molecule has 0 atom stereocenters. The van der Waals surface area contributed by atoms with E-state index in [-0.39, 0.29) is 5.91 Å². The van der Waals surface area contributed by atoms with Gasteiger partial charge in [0.2, 0.25) is 0 Å². The van der Waals surface area contributed by atoms with Gasteiger partial charge in [-0.3, -0.25) is 9.48 Å². The summed E-state index contributed by atoms with van der Waals surface area (Å²) in [7, 11) is 0. The normalized spacial score (nSPS) is 15.3. The Morgan fingerprint density at radius 2 is 1.77 bits per heavy atom. The zero-order valence-electron chi connectivity index (χ0n) is 18.0. The Morgan fingerprint density at radius 1 is 1.06 bits per heavy atom. The summed E-state index contributed by atoms with van der Waals surface area (Å²) in [4.78, 5) is 13.3. The van der Waals surface area contributed by atoms with Crippen LogP contribution in [-0.2, 0) is 6.54 Å². The molecule has 0 spiro atoms. The van der Waals surface area contributed by atoms with E-state index in [9.17, 15) is 4.79 Å². The SMILES string of the molecule is Cc1cc(C)cc(C2=NN(C(=O)c3cnn(Cc4ccc(Cl)c(Cl)c4)c3)C(C)(C)C2)c1. The number of aromatic nitrogens is 2. The third kappa shape index (κ3) is 4.53. The van der Waals surface area contributed by atoms with E-state index in [1.165, 1.54) is 11.1 Å². The van der Waals surface area contributed by atoms with E-state index in [0.29, 0.717) is 28.6 Å². The molecule has 1 amide bonds. The first-order valence-electron chi connectivity index (χ1n) is 10.1. The summed E-state index contributed by atoms with van der Waals surface area (Å²) in [6.45, 7) is 8.70. The smallest absolute Gasteiger partial charge is 0.267 e. The number of hydrogen-bond acceptors (Lipinski definition) is 3. The van der Waals surface area contributed by atoms with Crippen molar-refractivity contribution in [3.63, 3.8) is 0 Å². The molecule has 1 aliphatic rings. The number of hydrogen-bond donors (Lipinski definition) is 0. The third-order valence-corrected chi connectivity index (χ3v) is 6.09. The van der Waals surface area contributed by atoms with Crippen LogP contribution in [-0.4, -0.2) is 31.9 Å². The van der Waals surface area contributed by atoms with Gasteiger partial charge in [-0.2, -0.15) is 10.2 Å². The molecule has 2 heterocycles. The highest BCUT2D eigenvalue weighted by molar-refractivity contribution is 6.42. The lowest BCUT2D eigenvalue weighted by Gasteiger charge is -2.28. The van der Waals surface area contributed by atoms with Crippen LogP contribution >= 0.6 is 23.2 Å². The van der Waals surface area contributed by atoms with Crippen LogP contribution in [0, 0.1) is 13.8 Å². The Balaban J connectivity index is 1.57. The quantitative estimate of drug-likeness (QED) is 0.493. The van der Waals surface area contributed by atoms with Gasteiger partial charge in [0.1, 0.15) is 0 Å². The number of halogens is 2. The lowest BCUT2D eigenvalue weighted by atomic mass is 9.93. The standard InChI is InChI=1S/C24H24Cl2N4O/c1-15-7-16(2)9-18(8-15)22-11-24(3,4)30(28-22)23(31)19-12-27-29(14-19)13-17-5-6-20(25)21(26)10-17/h5-10,12,14H,11,13H2,1-4H3. The molecule has 0 unspecified atom stereocenters. The lowest BCUT2D eigenvalue weighted by molar-refractivity contribution is 0.0612. The van der Waals surface area contributed by atoms with Crippen molar-refractivity contribution in [1.29, 1.82) is 0 Å². The van der Waals surface area contributed by atoms with Gasteiger partial charge in [0.25, 0.3) is 5.91 Å². The number of rotatable bonds is 4. The molecule has 5 nitrogen and oxygen atoms in total. The van der Waals surface area contributed by atoms with Gasteiger partial charge in [-0.25, -0.2) is 5.01 Å². The van der Waals surface area contributed by atoms with E-state index in [2.05, 4.69) is 37.1 Å². The van der Waals surface area contributed by atoms with Crippen molar-refractivity contribution in [2.75, 3.05) is 0 Å². The van der Waals surface area contributed by atoms with Crippen molar-refractivity contribution < 1.29 is 4.79 Å². The topological polar surface area (TPSA) is 50.5 Å². The van der Waals surface area contributed by atoms with E-state index in [1.807, 2.05) is 19.9 Å². The highest BCUT2D eigenvalue weighted by Gasteiger charge is 2.39. The molecule has 1 aliphatic heterocycles. The maximum absolute atomic E-state index is 13.3. The molecule has 0 fully saturated rings. The fraction of sp³-hybridized carbons (Fsp3) is 0.292. The molecule has 160 valence electrons. The molecule has 0 saturated carbocycles. The fourth-order valence-corrected chi connectivity index (χ4v) is 4.23. The average molecular weight is 455 g/mol. The molecule has 0 aliphatic carbocycles. The summed E-state index contributed by atoms with van der Waals surface area (Å²) in [5.41, 5.74) is 5.39. The van der Waals surface area contributed by atoms with Gasteiger partial charge in [-0.15, -0.1) is 0 Å². The van der Waals surface area contributed by atoms with Gasteiger partial charge in [0.05, 0.1) is 39.6 Å². The number of benzene rings is 2. The minimum Gasteiger partial charge on any atom is -0.267 e. The Labute approximate surface area is 192 Å². The summed E-state index contributed by atoms with van der Waals surface area (Å²) < 4.78 is 1.71. The monoisotopic (exact) mass is 454 g/mol. The van der Waals surface area contributed by atoms with E-state index in [4.69, 9.17) is 28.3 Å². The third-order valence-electron chi connectivity index (χ3n) is 5.35. The molecule has 3 aromatic rings. The predicted octanol–water partition coefficient (Wildman–Crippen LogP) is 5.88. The van der Waals surface area contributed by atoms with Crippen LogP contribution < -0.4 is 0 Å². The van der Waals surface area contributed by atoms with Crippen molar-refractivity contribution in [3.8, 4) is 0 Å². The van der Waals surface area contributed by atoms with Gasteiger partial charge >= 0.3 is 0 Å². The van der Waals surface area contributed by atoms with E-state index >= 15 is 0 Å². The van der Waals surface area contributed by atoms with Crippen molar-refractivity contribution in [3.05, 3.63) is 86.7 Å². The number of carbonyl (C=O) groups excluding carboxylic acids is 1. The van der Waals surface area contributed by atoms with Crippen LogP contribution in [0.1, 0.15) is 52.9 Å². The van der Waals surface area contributed by atoms with Crippen molar-refractivity contribution >= 4 is 34.8 Å². The Bertz CT molecular complexity index is 1180. The van der Waals surface area contributed by atoms with Crippen LogP contribution in [0.3, 0.4) is 0 Å². The zero-order valence-corrected chi connectivity index (χ0v) is 19.5. The summed E-state index contributed by atoms with van der Waals surface area (Å²) in [6.07, 6.45) is 4.02. The Hall–Kier alpha value is -2.63. The van der Waals surface area contributed by atoms with E-state index < -0.39 is 5.54 Å². The van der Waals surface area contributed by atoms with Crippen LogP contribution in [0.15, 0.2) is 53.9 Å². The lowest BCUT2D eigenvalue weighted by Crippen LogP contribution is -2.40. The second-order valence-corrected chi connectivity index (χ2v) is 9.52. The second kappa shape index (κ2) is 8.13. The van der Waals surface area contributed by atoms with Gasteiger partial charge in [-0.05, 0) is 51.0 Å². The summed E-state index contributed by atoms with van der Waals surface area (Å²) in [6, 6.07) is 11.8. The van der Waals surface area contributed by atoms with Crippen LogP contribution in [0.4, 0.5) is 0 Å². The van der Waals surface area contributed by atoms with Crippen molar-refractivity contribution in [2.45, 2.75) is 46.2 Å². The predicted molar refractivity (Wildman–Crippen MR) is 125 cm³/mol. The molecule has 0 radical (unpaired) electrons. The van der Waals surface area contributed by atoms with Crippen LogP contribution in [0.25, 0.3) is 0 Å². The second-order valence-electron chi connectivity index (χ2n) is 8.70. The van der Waals surface area contributed by atoms with Crippen LogP contribution in [0.2, 0.25) is 10.0 Å². The molecule has 31 heavy (non-hydrogen) atoms. The molecular weight excluding hydrogens is 431 g/mol. The van der Waals surface area contributed by atoms with E-state index in [0.717, 1.165) is 16.8 Å². The summed E-state index contributed by atoms with van der Waals surface area (Å²) in [5.74, 6) is -0.162. The Morgan fingerprint density at radius 3 is 2.45 bits per heavy atom. The molecule has 2 aromatic carbocycles. The summed E-state index contributed by atoms with van der Waals surface area (Å²) in [5, 5.41) is 11.7. The number of nitrogens with zero attached hydrogens (tertiary/aromatic N) is 4. The molecule has 4 rings (SSSR count). The van der Waals surface area contributed by atoms with Crippen molar-refractivity contribution in [1.82, 2.24) is 14.8 Å². The minimum absolute atomic E-state index is 0.162. The highest BCUT2D eigenvalue weighted by atomic mass is 35.5. The maximum Gasteiger partial charge on any atom is 0.277 e. The number of carbonyl (C=O) groups is 1. The zero-order chi connectivity index (χ0) is 22.3. The number of aryl methyl sites for hydroxylation is 2. The average Bonchev–Trinajstić information content (AvgIpc) is 3.27. The molecule has 1 aromatic heterocycles. The molecular formula is C24H24Cl2N4O. The molecule has 0 N–H and O–H groups in total. The molecule has 0 bridgehead atoms. The highest BCUT2D eigenvalue weighted by Crippen LogP contribution is 2.31. The fourth-order valence-electron chi connectivity index (χ4n) is 3.91. The first-order valence-corrected chi connectivity index (χ1v) is 10.8. The van der Waals surface area contributed by atoms with Gasteiger partial charge in [0, 0.05) is 12.6 Å². The van der Waals surface area contributed by atoms with Gasteiger partial charge in [0.15, 0.2) is 0 Å². The maximum atomic E-state index is 13.3. The van der Waals surface area contributed by atoms with Gasteiger partial charge < -0.3 is 0 Å². The van der Waals surface area contributed by atoms with E-state index in [1.54, 1.807) is 34.2 Å². The largest absolute Gasteiger partial charge is 0.277 e. The first kappa shape index (κ1) is 21.6. The molecule has 0 saturated heterocycles. The van der Waals surface area contributed by atoms with Crippen molar-refractivity contribution in [2.24, 2.45) is 5.10 Å². The Kier molecular flexibility index (Phi) is 5.67. The van der Waals surface area contributed by atoms with Crippen LogP contribution in [0.5, 0.6) is 0 Å². The number of hydrazone groups is 1. The van der Waals surface area contributed by atoms with Gasteiger partial charge in [-0.1, -0.05) is 58.6 Å². The summed E-state index contributed by atoms with van der Waals surface area (Å²) >= 11 is 12.1. The number of amides is 1.